The second kappa shape index (κ2) is 11.2. The number of rotatable bonds is 8. The number of guanidine groups is 1. The van der Waals surface area contributed by atoms with Crippen LogP contribution in [-0.4, -0.2) is 51.2 Å². The summed E-state index contributed by atoms with van der Waals surface area (Å²) in [6.45, 7) is 5.86. The third-order valence-electron chi connectivity index (χ3n) is 5.54. The fraction of sp³-hybridized carbons (Fsp3) is 0.522. The molecular weight excluding hydrogens is 380 g/mol. The van der Waals surface area contributed by atoms with Crippen LogP contribution in [0.3, 0.4) is 0 Å². The summed E-state index contributed by atoms with van der Waals surface area (Å²) in [5.74, 6) is 2.37. The lowest BCUT2D eigenvalue weighted by atomic mass is 9.88. The Morgan fingerprint density at radius 2 is 2.07 bits per heavy atom. The molecule has 1 aromatic heterocycles. The van der Waals surface area contributed by atoms with Crippen molar-refractivity contribution in [3.63, 3.8) is 0 Å². The molecule has 5 nitrogen and oxygen atoms in total. The van der Waals surface area contributed by atoms with Gasteiger partial charge in [-0.05, 0) is 74.8 Å². The number of hydrogen-bond acceptors (Lipinski definition) is 4. The van der Waals surface area contributed by atoms with Crippen LogP contribution in [0.15, 0.2) is 46.8 Å². The third-order valence-corrected chi connectivity index (χ3v) is 6.48. The molecule has 0 amide bonds. The summed E-state index contributed by atoms with van der Waals surface area (Å²) in [6, 6.07) is 13.2. The monoisotopic (exact) mass is 414 g/mol. The number of nitrogens with one attached hydrogen (secondary N) is 2. The Balaban J connectivity index is 1.57. The first-order valence-electron chi connectivity index (χ1n) is 10.6. The minimum atomic E-state index is 0.481. The number of nitrogens with zero attached hydrogens (tertiary/aromatic N) is 2. The van der Waals surface area contributed by atoms with E-state index in [1.807, 2.05) is 23.5 Å². The van der Waals surface area contributed by atoms with Crippen molar-refractivity contribution in [3.8, 4) is 5.75 Å². The molecule has 2 atom stereocenters. The SMILES string of the molecule is CCNC(=NCC1CCCN(C)C1c1cccs1)NCCc1ccc(OC)cc1. The van der Waals surface area contributed by atoms with Crippen molar-refractivity contribution in [1.82, 2.24) is 15.5 Å². The predicted molar refractivity (Wildman–Crippen MR) is 123 cm³/mol. The summed E-state index contributed by atoms with van der Waals surface area (Å²) < 4.78 is 5.23. The molecule has 1 fully saturated rings. The molecule has 3 rings (SSSR count). The molecule has 0 bridgehead atoms. The summed E-state index contributed by atoms with van der Waals surface area (Å²) in [7, 11) is 3.95. The maximum absolute atomic E-state index is 5.23. The number of piperidine rings is 1. The summed E-state index contributed by atoms with van der Waals surface area (Å²) >= 11 is 1.87. The van der Waals surface area contributed by atoms with E-state index >= 15 is 0 Å². The van der Waals surface area contributed by atoms with E-state index in [0.717, 1.165) is 37.8 Å². The van der Waals surface area contributed by atoms with Gasteiger partial charge in [0.25, 0.3) is 0 Å². The Bertz CT molecular complexity index is 745. The van der Waals surface area contributed by atoms with E-state index in [9.17, 15) is 0 Å². The lowest BCUT2D eigenvalue weighted by Gasteiger charge is -2.38. The number of methoxy groups -OCH3 is 1. The van der Waals surface area contributed by atoms with Crippen LogP contribution >= 0.6 is 11.3 Å². The number of hydrogen-bond donors (Lipinski definition) is 2. The average molecular weight is 415 g/mol. The largest absolute Gasteiger partial charge is 0.497 e. The van der Waals surface area contributed by atoms with Crippen molar-refractivity contribution in [3.05, 3.63) is 52.2 Å². The Morgan fingerprint density at radius 1 is 1.24 bits per heavy atom. The van der Waals surface area contributed by atoms with Gasteiger partial charge in [-0.1, -0.05) is 18.2 Å². The van der Waals surface area contributed by atoms with Gasteiger partial charge in [-0.2, -0.15) is 0 Å². The Kier molecular flexibility index (Phi) is 8.38. The first kappa shape index (κ1) is 21.7. The third kappa shape index (κ3) is 6.21. The van der Waals surface area contributed by atoms with E-state index in [4.69, 9.17) is 9.73 Å². The average Bonchev–Trinajstić information content (AvgIpc) is 3.27. The molecule has 158 valence electrons. The molecule has 29 heavy (non-hydrogen) atoms. The van der Waals surface area contributed by atoms with Gasteiger partial charge in [-0.3, -0.25) is 9.89 Å². The molecule has 1 aliphatic heterocycles. The van der Waals surface area contributed by atoms with Crippen LogP contribution in [0.25, 0.3) is 0 Å². The van der Waals surface area contributed by atoms with Gasteiger partial charge >= 0.3 is 0 Å². The molecule has 2 aromatic rings. The lowest BCUT2D eigenvalue weighted by molar-refractivity contribution is 0.128. The lowest BCUT2D eigenvalue weighted by Crippen LogP contribution is -2.40. The van der Waals surface area contributed by atoms with Gasteiger partial charge in [-0.25, -0.2) is 0 Å². The summed E-state index contributed by atoms with van der Waals surface area (Å²) in [5, 5.41) is 9.07. The molecular formula is C23H34N4OS. The van der Waals surface area contributed by atoms with Crippen LogP contribution in [0.1, 0.15) is 36.2 Å². The topological polar surface area (TPSA) is 48.9 Å². The van der Waals surface area contributed by atoms with Gasteiger partial charge < -0.3 is 15.4 Å². The fourth-order valence-electron chi connectivity index (χ4n) is 4.03. The van der Waals surface area contributed by atoms with Crippen molar-refractivity contribution in [1.29, 1.82) is 0 Å². The van der Waals surface area contributed by atoms with Crippen molar-refractivity contribution in [2.75, 3.05) is 40.3 Å². The standard InChI is InChI=1S/C23H34N4OS/c1-4-24-23(25-14-13-18-9-11-20(28-3)12-10-18)26-17-19-7-5-15-27(2)22(19)21-8-6-16-29-21/h6,8-12,16,19,22H,4-5,7,13-15,17H2,1-3H3,(H2,24,25,26). The molecule has 1 aromatic carbocycles. The smallest absolute Gasteiger partial charge is 0.191 e. The molecule has 6 heteroatoms. The van der Waals surface area contributed by atoms with E-state index in [1.54, 1.807) is 7.11 Å². The van der Waals surface area contributed by atoms with Crippen molar-refractivity contribution < 1.29 is 4.74 Å². The maximum atomic E-state index is 5.23. The number of likely N-dealkylation sites (tertiary alicyclic amines) is 1. The van der Waals surface area contributed by atoms with Crippen LogP contribution in [0.2, 0.25) is 0 Å². The van der Waals surface area contributed by atoms with E-state index in [-0.39, 0.29) is 0 Å². The van der Waals surface area contributed by atoms with Gasteiger partial charge in [0.15, 0.2) is 5.96 Å². The molecule has 1 aliphatic rings. The maximum Gasteiger partial charge on any atom is 0.191 e. The van der Waals surface area contributed by atoms with Gasteiger partial charge in [0.1, 0.15) is 5.75 Å². The molecule has 0 radical (unpaired) electrons. The molecule has 2 unspecified atom stereocenters. The molecule has 1 saturated heterocycles. The van der Waals surface area contributed by atoms with Crippen molar-refractivity contribution >= 4 is 17.3 Å². The van der Waals surface area contributed by atoms with E-state index in [1.165, 1.54) is 29.8 Å². The zero-order valence-electron chi connectivity index (χ0n) is 17.9. The van der Waals surface area contributed by atoms with Crippen LogP contribution in [0.5, 0.6) is 5.75 Å². The number of ether oxygens (including phenoxy) is 1. The minimum Gasteiger partial charge on any atom is -0.497 e. The molecule has 2 N–H and O–H groups in total. The number of benzene rings is 1. The van der Waals surface area contributed by atoms with Crippen LogP contribution < -0.4 is 15.4 Å². The van der Waals surface area contributed by atoms with Gasteiger partial charge in [0, 0.05) is 30.6 Å². The molecule has 0 aliphatic carbocycles. The Hall–Kier alpha value is -2.05. The quantitative estimate of drug-likeness (QED) is 0.507. The van der Waals surface area contributed by atoms with Gasteiger partial charge in [-0.15, -0.1) is 11.3 Å². The van der Waals surface area contributed by atoms with Crippen LogP contribution in [0, 0.1) is 5.92 Å². The van der Waals surface area contributed by atoms with E-state index in [0.29, 0.717) is 12.0 Å². The Morgan fingerprint density at radius 3 is 2.76 bits per heavy atom. The van der Waals surface area contributed by atoms with Crippen LogP contribution in [-0.2, 0) is 6.42 Å². The number of thiophene rings is 1. The molecule has 2 heterocycles. The van der Waals surface area contributed by atoms with Gasteiger partial charge in [0.05, 0.1) is 7.11 Å². The minimum absolute atomic E-state index is 0.481. The van der Waals surface area contributed by atoms with E-state index < -0.39 is 0 Å². The first-order valence-corrected chi connectivity index (χ1v) is 11.5. The Labute approximate surface area is 179 Å². The highest BCUT2D eigenvalue weighted by atomic mass is 32.1. The summed E-state index contributed by atoms with van der Waals surface area (Å²) in [5.41, 5.74) is 1.29. The summed E-state index contributed by atoms with van der Waals surface area (Å²) in [6.07, 6.45) is 3.44. The second-order valence-corrected chi connectivity index (χ2v) is 8.57. The van der Waals surface area contributed by atoms with Crippen molar-refractivity contribution in [2.24, 2.45) is 10.9 Å². The second-order valence-electron chi connectivity index (χ2n) is 7.59. The molecule has 0 saturated carbocycles. The van der Waals surface area contributed by atoms with Crippen LogP contribution in [0.4, 0.5) is 0 Å². The highest BCUT2D eigenvalue weighted by Gasteiger charge is 2.31. The predicted octanol–water partition coefficient (Wildman–Crippen LogP) is 3.94. The van der Waals surface area contributed by atoms with E-state index in [2.05, 4.69) is 59.2 Å². The summed E-state index contributed by atoms with van der Waals surface area (Å²) in [4.78, 5) is 8.91. The zero-order chi connectivity index (χ0) is 20.5. The van der Waals surface area contributed by atoms with Gasteiger partial charge in [0.2, 0.25) is 0 Å². The number of aliphatic imine (C=N–C) groups is 1. The first-order chi connectivity index (χ1) is 14.2. The zero-order valence-corrected chi connectivity index (χ0v) is 18.7. The molecule has 0 spiro atoms. The normalized spacial score (nSPS) is 20.4. The highest BCUT2D eigenvalue weighted by Crippen LogP contribution is 2.37. The van der Waals surface area contributed by atoms with Crippen molar-refractivity contribution in [2.45, 2.75) is 32.2 Å². The fourth-order valence-corrected chi connectivity index (χ4v) is 5.01. The highest BCUT2D eigenvalue weighted by molar-refractivity contribution is 7.10.